The van der Waals surface area contributed by atoms with Gasteiger partial charge in [0.2, 0.25) is 5.91 Å². The first-order valence-electron chi connectivity index (χ1n) is 11.3. The highest BCUT2D eigenvalue weighted by Gasteiger charge is 2.23. The molecule has 0 unspecified atom stereocenters. The van der Waals surface area contributed by atoms with Crippen LogP contribution in [0.3, 0.4) is 0 Å². The van der Waals surface area contributed by atoms with Crippen LogP contribution in [0.1, 0.15) is 25.3 Å². The third-order valence-electron chi connectivity index (χ3n) is 5.67. The van der Waals surface area contributed by atoms with E-state index in [-0.39, 0.29) is 23.5 Å². The summed E-state index contributed by atoms with van der Waals surface area (Å²) in [6.07, 6.45) is 2.55. The Hall–Kier alpha value is -2.68. The first-order valence-corrected chi connectivity index (χ1v) is 12.6. The predicted molar refractivity (Wildman–Crippen MR) is 133 cm³/mol. The molecule has 178 valence electrons. The van der Waals surface area contributed by atoms with Gasteiger partial charge in [-0.2, -0.15) is 0 Å². The number of halogens is 1. The lowest BCUT2D eigenvalue weighted by atomic mass is 10.0. The maximum atomic E-state index is 12.7. The predicted octanol–water partition coefficient (Wildman–Crippen LogP) is 4.19. The molecule has 1 N–H and O–H groups in total. The van der Waals surface area contributed by atoms with Crippen LogP contribution in [-0.4, -0.2) is 51.0 Å². The van der Waals surface area contributed by atoms with Gasteiger partial charge in [-0.05, 0) is 56.0 Å². The molecule has 1 aromatic heterocycles. The maximum Gasteiger partial charge on any atom is 0.231 e. The van der Waals surface area contributed by atoms with E-state index >= 15 is 0 Å². The van der Waals surface area contributed by atoms with Gasteiger partial charge in [-0.1, -0.05) is 53.7 Å². The van der Waals surface area contributed by atoms with Gasteiger partial charge in [-0.25, -0.2) is 0 Å². The molecule has 0 radical (unpaired) electrons. The van der Waals surface area contributed by atoms with Gasteiger partial charge in [0.15, 0.2) is 16.8 Å². The zero-order chi connectivity index (χ0) is 23.9. The van der Waals surface area contributed by atoms with E-state index in [0.717, 1.165) is 30.6 Å². The van der Waals surface area contributed by atoms with Gasteiger partial charge >= 0.3 is 0 Å². The Labute approximate surface area is 208 Å². The molecule has 2 aromatic carbocycles. The van der Waals surface area contributed by atoms with Crippen LogP contribution in [0.5, 0.6) is 0 Å². The summed E-state index contributed by atoms with van der Waals surface area (Å²) in [6.45, 7) is 2.86. The van der Waals surface area contributed by atoms with Crippen molar-refractivity contribution in [2.75, 3.05) is 12.4 Å². The average Bonchev–Trinajstić information content (AvgIpc) is 3.49. The monoisotopic (exact) mass is 498 g/mol. The van der Waals surface area contributed by atoms with Gasteiger partial charge in [-0.3, -0.25) is 14.2 Å². The number of amides is 1. The van der Waals surface area contributed by atoms with E-state index in [0.29, 0.717) is 29.0 Å². The Morgan fingerprint density at radius 1 is 1.18 bits per heavy atom. The van der Waals surface area contributed by atoms with E-state index in [1.807, 2.05) is 59.2 Å². The molecule has 0 bridgehead atoms. The molecule has 1 fully saturated rings. The number of thioether (sulfide) groups is 1. The lowest BCUT2D eigenvalue weighted by Gasteiger charge is -2.17. The smallest absolute Gasteiger partial charge is 0.231 e. The average molecular weight is 499 g/mol. The lowest BCUT2D eigenvalue weighted by Crippen LogP contribution is -2.42. The van der Waals surface area contributed by atoms with Gasteiger partial charge in [0, 0.05) is 17.2 Å². The van der Waals surface area contributed by atoms with Crippen molar-refractivity contribution in [3.8, 4) is 11.4 Å². The molecule has 1 amide bonds. The minimum absolute atomic E-state index is 0.0752. The minimum Gasteiger partial charge on any atom is -0.376 e. The SMILES string of the molecule is CC(=O)[C@@H](Cc1ccccc1)NC(=O)CSc1nnc(-c2ccc(Cl)cc2)n1C[C@@H]1CCCO1. The van der Waals surface area contributed by atoms with E-state index in [1.165, 1.54) is 18.7 Å². The van der Waals surface area contributed by atoms with Crippen molar-refractivity contribution in [2.45, 2.75) is 50.0 Å². The topological polar surface area (TPSA) is 86.1 Å². The summed E-state index contributed by atoms with van der Waals surface area (Å²) in [5.74, 6) is 0.540. The number of carbonyl (C=O) groups is 2. The van der Waals surface area contributed by atoms with Gasteiger partial charge in [0.1, 0.15) is 0 Å². The molecule has 9 heteroatoms. The molecule has 0 saturated carbocycles. The standard InChI is InChI=1S/C25H27ClN4O3S/c1-17(31)22(14-18-6-3-2-4-7-18)27-23(32)16-34-25-29-28-24(19-9-11-20(26)12-10-19)30(25)15-21-8-5-13-33-21/h2-4,6-7,9-12,21-22H,5,8,13-16H2,1H3,(H,27,32)/t21-,22+/m0/s1. The number of ketones is 1. The molecule has 1 aliphatic rings. The highest BCUT2D eigenvalue weighted by atomic mass is 35.5. The van der Waals surface area contributed by atoms with Crippen LogP contribution < -0.4 is 5.32 Å². The van der Waals surface area contributed by atoms with Crippen LogP contribution in [0.15, 0.2) is 59.8 Å². The number of hydrogen-bond acceptors (Lipinski definition) is 6. The van der Waals surface area contributed by atoms with Crippen LogP contribution in [0.4, 0.5) is 0 Å². The van der Waals surface area contributed by atoms with Crippen molar-refractivity contribution in [3.63, 3.8) is 0 Å². The fourth-order valence-corrected chi connectivity index (χ4v) is 4.76. The van der Waals surface area contributed by atoms with Gasteiger partial charge in [-0.15, -0.1) is 10.2 Å². The van der Waals surface area contributed by atoms with E-state index < -0.39 is 6.04 Å². The van der Waals surface area contributed by atoms with Crippen LogP contribution in [0, 0.1) is 0 Å². The van der Waals surface area contributed by atoms with Crippen LogP contribution in [0.25, 0.3) is 11.4 Å². The van der Waals surface area contributed by atoms with Crippen LogP contribution in [0.2, 0.25) is 5.02 Å². The molecule has 1 saturated heterocycles. The summed E-state index contributed by atoms with van der Waals surface area (Å²) in [6, 6.07) is 16.5. The maximum absolute atomic E-state index is 12.7. The molecular formula is C25H27ClN4O3S. The number of benzene rings is 2. The summed E-state index contributed by atoms with van der Waals surface area (Å²) in [5, 5.41) is 12.9. The first kappa shape index (κ1) is 24.4. The summed E-state index contributed by atoms with van der Waals surface area (Å²) in [5.41, 5.74) is 1.89. The largest absolute Gasteiger partial charge is 0.376 e. The van der Waals surface area contributed by atoms with Gasteiger partial charge < -0.3 is 10.1 Å². The summed E-state index contributed by atoms with van der Waals surface area (Å²) < 4.78 is 7.83. The normalized spacial score (nSPS) is 16.4. The third-order valence-corrected chi connectivity index (χ3v) is 6.89. The van der Waals surface area contributed by atoms with E-state index in [4.69, 9.17) is 16.3 Å². The van der Waals surface area contributed by atoms with Crippen molar-refractivity contribution < 1.29 is 14.3 Å². The molecule has 1 aliphatic heterocycles. The molecule has 34 heavy (non-hydrogen) atoms. The summed E-state index contributed by atoms with van der Waals surface area (Å²) >= 11 is 7.35. The van der Waals surface area contributed by atoms with E-state index in [2.05, 4.69) is 15.5 Å². The second-order valence-corrected chi connectivity index (χ2v) is 9.65. The number of ether oxygens (including phenoxy) is 1. The summed E-state index contributed by atoms with van der Waals surface area (Å²) in [7, 11) is 0. The fourth-order valence-electron chi connectivity index (χ4n) is 3.88. The Bertz CT molecular complexity index is 1110. The van der Waals surface area contributed by atoms with Gasteiger partial charge in [0.05, 0.1) is 24.4 Å². The quantitative estimate of drug-likeness (QED) is 0.422. The van der Waals surface area contributed by atoms with E-state index in [9.17, 15) is 9.59 Å². The molecular weight excluding hydrogens is 472 g/mol. The fraction of sp³-hybridized carbons (Fsp3) is 0.360. The molecule has 3 aromatic rings. The second kappa shape index (κ2) is 11.6. The van der Waals surface area contributed by atoms with Crippen LogP contribution in [-0.2, 0) is 27.3 Å². The molecule has 4 rings (SSSR count). The molecule has 2 atom stereocenters. The van der Waals surface area contributed by atoms with Crippen molar-refractivity contribution >= 4 is 35.1 Å². The van der Waals surface area contributed by atoms with Gasteiger partial charge in [0.25, 0.3) is 0 Å². The minimum atomic E-state index is -0.565. The van der Waals surface area contributed by atoms with Crippen molar-refractivity contribution in [3.05, 3.63) is 65.2 Å². The van der Waals surface area contributed by atoms with Crippen LogP contribution >= 0.6 is 23.4 Å². The second-order valence-electron chi connectivity index (χ2n) is 8.27. The first-order chi connectivity index (χ1) is 16.5. The zero-order valence-electron chi connectivity index (χ0n) is 18.9. The number of nitrogens with one attached hydrogen (secondary N) is 1. The zero-order valence-corrected chi connectivity index (χ0v) is 20.5. The number of aromatic nitrogens is 3. The molecule has 0 spiro atoms. The number of carbonyl (C=O) groups excluding carboxylic acids is 2. The Balaban J connectivity index is 1.45. The molecule has 0 aliphatic carbocycles. The third kappa shape index (κ3) is 6.46. The Kier molecular flexibility index (Phi) is 8.37. The highest BCUT2D eigenvalue weighted by molar-refractivity contribution is 7.99. The number of nitrogens with zero attached hydrogens (tertiary/aromatic N) is 3. The van der Waals surface area contributed by atoms with Crippen molar-refractivity contribution in [2.24, 2.45) is 0 Å². The Morgan fingerprint density at radius 3 is 2.62 bits per heavy atom. The van der Waals surface area contributed by atoms with Crippen molar-refractivity contribution in [1.29, 1.82) is 0 Å². The number of Topliss-reactive ketones (excluding diaryl/α,β-unsaturated/α-hetero) is 1. The molecule has 7 nitrogen and oxygen atoms in total. The summed E-state index contributed by atoms with van der Waals surface area (Å²) in [4.78, 5) is 24.8. The Morgan fingerprint density at radius 2 is 1.94 bits per heavy atom. The lowest BCUT2D eigenvalue weighted by molar-refractivity contribution is -0.125. The number of rotatable bonds is 10. The molecule has 2 heterocycles. The highest BCUT2D eigenvalue weighted by Crippen LogP contribution is 2.27. The van der Waals surface area contributed by atoms with Crippen molar-refractivity contribution in [1.82, 2.24) is 20.1 Å². The van der Waals surface area contributed by atoms with E-state index in [1.54, 1.807) is 0 Å². The number of hydrogen-bond donors (Lipinski definition) is 1.